The summed E-state index contributed by atoms with van der Waals surface area (Å²) in [6.45, 7) is 9.78. The highest BCUT2D eigenvalue weighted by atomic mass is 79.9. The van der Waals surface area contributed by atoms with Crippen LogP contribution in [0.15, 0.2) is 53.0 Å². The Kier molecular flexibility index (Phi) is 6.99. The lowest BCUT2D eigenvalue weighted by Gasteiger charge is -2.62. The van der Waals surface area contributed by atoms with Gasteiger partial charge in [-0.15, -0.1) is 0 Å². The molecule has 5 unspecified atom stereocenters. The summed E-state index contributed by atoms with van der Waals surface area (Å²) < 4.78 is 0.946. The van der Waals surface area contributed by atoms with E-state index < -0.39 is 11.8 Å². The lowest BCUT2D eigenvalue weighted by molar-refractivity contribution is -0.145. The minimum absolute atomic E-state index is 0.00794. The van der Waals surface area contributed by atoms with E-state index in [1.54, 1.807) is 5.01 Å². The van der Waals surface area contributed by atoms with Crippen molar-refractivity contribution in [2.24, 2.45) is 35.0 Å². The molecule has 0 spiro atoms. The first-order valence-corrected chi connectivity index (χ1v) is 14.1. The predicted molar refractivity (Wildman–Crippen MR) is 147 cm³/mol. The molecule has 2 aromatic rings. The number of hydrogen-bond donors (Lipinski definition) is 1. The smallest absolute Gasteiger partial charge is 0.245 e. The lowest BCUT2D eigenvalue weighted by atomic mass is 9.44. The molecule has 1 saturated heterocycles. The summed E-state index contributed by atoms with van der Waals surface area (Å²) in [6.07, 6.45) is 2.30. The van der Waals surface area contributed by atoms with Crippen LogP contribution in [0.25, 0.3) is 0 Å². The van der Waals surface area contributed by atoms with Crippen molar-refractivity contribution < 1.29 is 9.59 Å². The second kappa shape index (κ2) is 9.77. The molecule has 0 aromatic heterocycles. The van der Waals surface area contributed by atoms with E-state index in [1.807, 2.05) is 60.5 Å². The van der Waals surface area contributed by atoms with Gasteiger partial charge in [0.05, 0.1) is 11.6 Å². The van der Waals surface area contributed by atoms with Crippen LogP contribution in [0.5, 0.6) is 0 Å². The average Bonchev–Trinajstić information content (AvgIpc) is 2.84. The summed E-state index contributed by atoms with van der Waals surface area (Å²) in [5.41, 5.74) is 2.07. The number of fused-ring (bicyclic) bond motifs is 2. The van der Waals surface area contributed by atoms with Crippen LogP contribution in [-0.2, 0) is 16.1 Å². The second-order valence-electron chi connectivity index (χ2n) is 11.5. The molecule has 6 atom stereocenters. The standard InChI is InChI=1S/C29H35BrClN3O2/c1-17-23(27(35)32-26-14-20-13-24(18(26)2)29(20,3)4)16-33(15-19-7-5-6-8-25(19)31)34(28(17)36)22-11-9-21(30)10-12-22/h5-12,17-18,20,23-24,26H,13-16H2,1-4H3,(H,32,35)/t17?,18-,20?,23?,24?,26?/m1/s1. The van der Waals surface area contributed by atoms with E-state index in [4.69, 9.17) is 11.6 Å². The third kappa shape index (κ3) is 4.50. The zero-order valence-corrected chi connectivity index (χ0v) is 23.7. The first-order valence-electron chi connectivity index (χ1n) is 13.0. The topological polar surface area (TPSA) is 52.7 Å². The molecule has 7 heteroatoms. The Labute approximate surface area is 227 Å². The number of benzene rings is 2. The normalized spacial score (nSPS) is 31.6. The quantitative estimate of drug-likeness (QED) is 0.457. The zero-order chi connectivity index (χ0) is 25.8. The van der Waals surface area contributed by atoms with Crippen molar-refractivity contribution in [2.45, 2.75) is 53.1 Å². The molecule has 4 aliphatic rings. The third-order valence-electron chi connectivity index (χ3n) is 9.29. The van der Waals surface area contributed by atoms with Crippen molar-refractivity contribution >= 4 is 45.0 Å². The fourth-order valence-electron chi connectivity index (χ4n) is 6.74. The molecule has 192 valence electrons. The van der Waals surface area contributed by atoms with Gasteiger partial charge in [-0.2, -0.15) is 0 Å². The van der Waals surface area contributed by atoms with Gasteiger partial charge < -0.3 is 5.32 Å². The summed E-state index contributed by atoms with van der Waals surface area (Å²) in [5.74, 6) is 0.826. The molecule has 5 nitrogen and oxygen atoms in total. The summed E-state index contributed by atoms with van der Waals surface area (Å²) in [7, 11) is 0. The van der Waals surface area contributed by atoms with Crippen molar-refractivity contribution in [3.8, 4) is 0 Å². The van der Waals surface area contributed by atoms with Crippen molar-refractivity contribution in [2.75, 3.05) is 11.6 Å². The van der Waals surface area contributed by atoms with Crippen LogP contribution in [0.4, 0.5) is 5.69 Å². The number of amides is 2. The number of carbonyl (C=O) groups is 2. The Bertz CT molecular complexity index is 1150. The lowest BCUT2D eigenvalue weighted by Crippen LogP contribution is -2.63. The maximum Gasteiger partial charge on any atom is 0.245 e. The predicted octanol–water partition coefficient (Wildman–Crippen LogP) is 6.31. The molecular formula is C29H35BrClN3O2. The van der Waals surface area contributed by atoms with Gasteiger partial charge in [-0.25, -0.2) is 10.0 Å². The van der Waals surface area contributed by atoms with Crippen molar-refractivity contribution in [3.05, 3.63) is 63.6 Å². The van der Waals surface area contributed by atoms with E-state index >= 15 is 0 Å². The first kappa shape index (κ1) is 25.7. The van der Waals surface area contributed by atoms with Gasteiger partial charge >= 0.3 is 0 Å². The maximum atomic E-state index is 13.8. The van der Waals surface area contributed by atoms with E-state index in [0.717, 1.165) is 22.1 Å². The van der Waals surface area contributed by atoms with Crippen molar-refractivity contribution in [1.82, 2.24) is 10.3 Å². The van der Waals surface area contributed by atoms with Crippen LogP contribution in [0.3, 0.4) is 0 Å². The van der Waals surface area contributed by atoms with E-state index in [0.29, 0.717) is 41.3 Å². The molecule has 3 saturated carbocycles. The molecule has 1 N–H and O–H groups in total. The Hall–Kier alpha value is -1.89. The Morgan fingerprint density at radius 1 is 1.11 bits per heavy atom. The number of halogens is 2. The van der Waals surface area contributed by atoms with Gasteiger partial charge in [-0.3, -0.25) is 9.59 Å². The fourth-order valence-corrected chi connectivity index (χ4v) is 7.20. The third-order valence-corrected chi connectivity index (χ3v) is 10.2. The molecule has 4 fully saturated rings. The number of anilines is 1. The number of nitrogens with zero attached hydrogens (tertiary/aromatic N) is 2. The highest BCUT2D eigenvalue weighted by Crippen LogP contribution is 2.61. The van der Waals surface area contributed by atoms with E-state index in [9.17, 15) is 9.59 Å². The molecule has 6 rings (SSSR count). The van der Waals surface area contributed by atoms with E-state index in [-0.39, 0.29) is 17.9 Å². The molecule has 3 aliphatic carbocycles. The molecule has 2 bridgehead atoms. The zero-order valence-electron chi connectivity index (χ0n) is 21.4. The van der Waals surface area contributed by atoms with Crippen LogP contribution in [0, 0.1) is 35.0 Å². The monoisotopic (exact) mass is 571 g/mol. The largest absolute Gasteiger partial charge is 0.353 e. The molecule has 36 heavy (non-hydrogen) atoms. The van der Waals surface area contributed by atoms with E-state index in [1.165, 1.54) is 6.42 Å². The van der Waals surface area contributed by atoms with Gasteiger partial charge in [0, 0.05) is 34.5 Å². The molecule has 0 radical (unpaired) electrons. The number of hydrazine groups is 1. The van der Waals surface area contributed by atoms with Gasteiger partial charge in [-0.05, 0) is 71.9 Å². The van der Waals surface area contributed by atoms with Gasteiger partial charge in [0.15, 0.2) is 0 Å². The maximum absolute atomic E-state index is 13.8. The summed E-state index contributed by atoms with van der Waals surface area (Å²) in [6, 6.07) is 15.6. The Morgan fingerprint density at radius 3 is 2.44 bits per heavy atom. The minimum Gasteiger partial charge on any atom is -0.353 e. The highest BCUT2D eigenvalue weighted by Gasteiger charge is 2.56. The second-order valence-corrected chi connectivity index (χ2v) is 12.9. The molecule has 1 heterocycles. The van der Waals surface area contributed by atoms with Crippen LogP contribution in [0.1, 0.15) is 46.1 Å². The molecule has 2 amide bonds. The average molecular weight is 573 g/mol. The van der Waals surface area contributed by atoms with Crippen molar-refractivity contribution in [1.29, 1.82) is 0 Å². The first-order chi connectivity index (χ1) is 17.1. The SMILES string of the molecule is CC1C(=O)N(c2ccc(Br)cc2)N(Cc2ccccc2Cl)CC1C(=O)NC1CC2CC([C@H]1C)C2(C)C. The number of carbonyl (C=O) groups excluding carboxylic acids is 2. The van der Waals surface area contributed by atoms with Crippen molar-refractivity contribution in [3.63, 3.8) is 0 Å². The van der Waals surface area contributed by atoms with Gasteiger partial charge in [0.25, 0.3) is 0 Å². The van der Waals surface area contributed by atoms with E-state index in [2.05, 4.69) is 42.0 Å². The molecular weight excluding hydrogens is 538 g/mol. The van der Waals surface area contributed by atoms with Crippen LogP contribution >= 0.6 is 27.5 Å². The number of nitrogens with one attached hydrogen (secondary N) is 1. The summed E-state index contributed by atoms with van der Waals surface area (Å²) >= 11 is 9.97. The van der Waals surface area contributed by atoms with Crippen LogP contribution < -0.4 is 10.3 Å². The van der Waals surface area contributed by atoms with Gasteiger partial charge in [-0.1, -0.05) is 73.4 Å². The number of hydrogen-bond acceptors (Lipinski definition) is 3. The Balaban J connectivity index is 1.39. The fraction of sp³-hybridized carbons (Fsp3) is 0.517. The Morgan fingerprint density at radius 2 is 1.81 bits per heavy atom. The summed E-state index contributed by atoms with van der Waals surface area (Å²) in [4.78, 5) is 27.4. The highest BCUT2D eigenvalue weighted by molar-refractivity contribution is 9.10. The minimum atomic E-state index is -0.430. The summed E-state index contributed by atoms with van der Waals surface area (Å²) in [5, 5.41) is 7.73. The van der Waals surface area contributed by atoms with Gasteiger partial charge in [0.1, 0.15) is 0 Å². The van der Waals surface area contributed by atoms with Crippen LogP contribution in [-0.4, -0.2) is 29.4 Å². The van der Waals surface area contributed by atoms with Gasteiger partial charge in [0.2, 0.25) is 11.8 Å². The van der Waals surface area contributed by atoms with Crippen LogP contribution in [0.2, 0.25) is 5.02 Å². The number of rotatable bonds is 5. The molecule has 1 aliphatic heterocycles. The molecule has 2 aromatic carbocycles.